The summed E-state index contributed by atoms with van der Waals surface area (Å²) in [7, 11) is 0. The van der Waals surface area contributed by atoms with Crippen LogP contribution in [0.25, 0.3) is 0 Å². The number of hydrogen-bond acceptors (Lipinski definition) is 6. The molecule has 7 heteroatoms. The Kier molecular flexibility index (Phi) is 3.29. The third kappa shape index (κ3) is 2.76. The van der Waals surface area contributed by atoms with Gasteiger partial charge in [-0.05, 0) is 19.1 Å². The SMILES string of the molecule is Cc1ccc(C(N)=S)c(NCc2ncon2)n1. The van der Waals surface area contributed by atoms with Gasteiger partial charge in [0.05, 0.1) is 12.1 Å². The molecule has 6 nitrogen and oxygen atoms in total. The first-order chi connectivity index (χ1) is 8.16. The molecule has 0 fully saturated rings. The van der Waals surface area contributed by atoms with Gasteiger partial charge in [0.15, 0.2) is 5.82 Å². The van der Waals surface area contributed by atoms with Crippen LogP contribution in [0.5, 0.6) is 0 Å². The molecular weight excluding hydrogens is 238 g/mol. The number of nitrogens with one attached hydrogen (secondary N) is 1. The first kappa shape index (κ1) is 11.5. The van der Waals surface area contributed by atoms with Crippen LogP contribution in [-0.4, -0.2) is 20.1 Å². The molecule has 0 spiro atoms. The molecule has 2 heterocycles. The largest absolute Gasteiger partial charge is 0.389 e. The molecule has 0 aliphatic carbocycles. The summed E-state index contributed by atoms with van der Waals surface area (Å²) in [6.07, 6.45) is 1.27. The molecule has 0 unspecified atom stereocenters. The Hall–Kier alpha value is -2.02. The molecule has 0 radical (unpaired) electrons. The number of pyridine rings is 1. The Labute approximate surface area is 103 Å². The van der Waals surface area contributed by atoms with Gasteiger partial charge in [-0.25, -0.2) is 4.98 Å². The van der Waals surface area contributed by atoms with Gasteiger partial charge in [-0.2, -0.15) is 4.98 Å². The van der Waals surface area contributed by atoms with Gasteiger partial charge in [0.2, 0.25) is 6.39 Å². The monoisotopic (exact) mass is 249 g/mol. The van der Waals surface area contributed by atoms with Crippen molar-refractivity contribution in [1.29, 1.82) is 0 Å². The number of anilines is 1. The van der Waals surface area contributed by atoms with Crippen molar-refractivity contribution in [2.75, 3.05) is 5.32 Å². The van der Waals surface area contributed by atoms with Gasteiger partial charge >= 0.3 is 0 Å². The van der Waals surface area contributed by atoms with Crippen LogP contribution in [0.4, 0.5) is 5.82 Å². The fourth-order valence-corrected chi connectivity index (χ4v) is 1.49. The fourth-order valence-electron chi connectivity index (χ4n) is 1.32. The van der Waals surface area contributed by atoms with E-state index < -0.39 is 0 Å². The third-order valence-corrected chi connectivity index (χ3v) is 2.34. The summed E-state index contributed by atoms with van der Waals surface area (Å²) in [5.74, 6) is 1.17. The molecule has 17 heavy (non-hydrogen) atoms. The standard InChI is InChI=1S/C10H11N5OS/c1-6-2-3-7(9(11)17)10(14-6)12-4-8-13-5-16-15-8/h2-3,5H,4H2,1H3,(H2,11,17)(H,12,14). The number of aromatic nitrogens is 3. The zero-order chi connectivity index (χ0) is 12.3. The number of thiocarbonyl (C=S) groups is 1. The molecule has 0 aliphatic heterocycles. The van der Waals surface area contributed by atoms with E-state index >= 15 is 0 Å². The number of nitrogens with two attached hydrogens (primary N) is 1. The zero-order valence-corrected chi connectivity index (χ0v) is 9.99. The Morgan fingerprint density at radius 3 is 3.00 bits per heavy atom. The second-order valence-corrected chi connectivity index (χ2v) is 3.85. The Morgan fingerprint density at radius 1 is 1.53 bits per heavy atom. The van der Waals surface area contributed by atoms with E-state index in [1.54, 1.807) is 0 Å². The average molecular weight is 249 g/mol. The van der Waals surface area contributed by atoms with Gasteiger partial charge in [-0.1, -0.05) is 17.4 Å². The van der Waals surface area contributed by atoms with Crippen molar-refractivity contribution in [3.8, 4) is 0 Å². The van der Waals surface area contributed by atoms with E-state index in [1.165, 1.54) is 6.39 Å². The maximum atomic E-state index is 5.62. The van der Waals surface area contributed by atoms with E-state index in [-0.39, 0.29) is 0 Å². The van der Waals surface area contributed by atoms with Crippen LogP contribution in [-0.2, 0) is 6.54 Å². The second kappa shape index (κ2) is 4.88. The molecule has 2 aromatic heterocycles. The summed E-state index contributed by atoms with van der Waals surface area (Å²) >= 11 is 4.96. The van der Waals surface area contributed by atoms with Crippen LogP contribution in [0.1, 0.15) is 17.1 Å². The molecule has 0 saturated heterocycles. The van der Waals surface area contributed by atoms with E-state index in [2.05, 4.69) is 25.0 Å². The van der Waals surface area contributed by atoms with Gasteiger partial charge in [0, 0.05) is 5.69 Å². The molecule has 0 aromatic carbocycles. The molecule has 2 rings (SSSR count). The average Bonchev–Trinajstić information content (AvgIpc) is 2.78. The van der Waals surface area contributed by atoms with E-state index in [0.717, 1.165) is 5.69 Å². The normalized spacial score (nSPS) is 10.2. The van der Waals surface area contributed by atoms with Crippen molar-refractivity contribution in [2.45, 2.75) is 13.5 Å². The second-order valence-electron chi connectivity index (χ2n) is 3.41. The minimum Gasteiger partial charge on any atom is -0.389 e. The topological polar surface area (TPSA) is 89.9 Å². The maximum Gasteiger partial charge on any atom is 0.213 e. The van der Waals surface area contributed by atoms with Gasteiger partial charge in [-0.15, -0.1) is 0 Å². The highest BCUT2D eigenvalue weighted by molar-refractivity contribution is 7.80. The molecule has 0 atom stereocenters. The van der Waals surface area contributed by atoms with Gasteiger partial charge in [0.25, 0.3) is 0 Å². The highest BCUT2D eigenvalue weighted by Gasteiger charge is 2.08. The van der Waals surface area contributed by atoms with Crippen molar-refractivity contribution < 1.29 is 4.52 Å². The summed E-state index contributed by atoms with van der Waals surface area (Å²) in [6.45, 7) is 2.30. The smallest absolute Gasteiger partial charge is 0.213 e. The van der Waals surface area contributed by atoms with Crippen LogP contribution in [0.3, 0.4) is 0 Å². The summed E-state index contributed by atoms with van der Waals surface area (Å²) in [6, 6.07) is 3.69. The lowest BCUT2D eigenvalue weighted by molar-refractivity contribution is 0.411. The first-order valence-corrected chi connectivity index (χ1v) is 5.34. The van der Waals surface area contributed by atoms with Gasteiger partial charge < -0.3 is 15.6 Å². The van der Waals surface area contributed by atoms with Crippen LogP contribution < -0.4 is 11.1 Å². The molecule has 88 valence electrons. The van der Waals surface area contributed by atoms with Crippen molar-refractivity contribution in [2.24, 2.45) is 5.73 Å². The summed E-state index contributed by atoms with van der Waals surface area (Å²) < 4.78 is 4.63. The molecule has 0 aliphatic rings. The van der Waals surface area contributed by atoms with Gasteiger partial charge in [-0.3, -0.25) is 0 Å². The Morgan fingerprint density at radius 2 is 2.35 bits per heavy atom. The summed E-state index contributed by atoms with van der Waals surface area (Å²) in [5.41, 5.74) is 7.19. The zero-order valence-electron chi connectivity index (χ0n) is 9.17. The van der Waals surface area contributed by atoms with Crippen LogP contribution in [0, 0.1) is 6.92 Å². The molecule has 2 aromatic rings. The predicted molar refractivity (Wildman–Crippen MR) is 66.5 cm³/mol. The van der Waals surface area contributed by atoms with Crippen molar-refractivity contribution in [3.05, 3.63) is 35.6 Å². The molecular formula is C10H11N5OS. The molecule has 3 N–H and O–H groups in total. The molecule has 0 saturated carbocycles. The number of nitrogens with zero attached hydrogens (tertiary/aromatic N) is 3. The minimum absolute atomic E-state index is 0.299. The predicted octanol–water partition coefficient (Wildman–Crippen LogP) is 1.02. The van der Waals surface area contributed by atoms with E-state index in [9.17, 15) is 0 Å². The van der Waals surface area contributed by atoms with Crippen LogP contribution in [0.2, 0.25) is 0 Å². The minimum atomic E-state index is 0.299. The van der Waals surface area contributed by atoms with E-state index in [0.29, 0.717) is 28.7 Å². The van der Waals surface area contributed by atoms with Crippen molar-refractivity contribution >= 4 is 23.0 Å². The number of rotatable bonds is 4. The lowest BCUT2D eigenvalue weighted by Gasteiger charge is -2.09. The number of hydrogen-bond donors (Lipinski definition) is 2. The Bertz CT molecular complexity index is 525. The van der Waals surface area contributed by atoms with Crippen molar-refractivity contribution in [1.82, 2.24) is 15.1 Å². The highest BCUT2D eigenvalue weighted by Crippen LogP contribution is 2.13. The third-order valence-electron chi connectivity index (χ3n) is 2.12. The van der Waals surface area contributed by atoms with Crippen molar-refractivity contribution in [3.63, 3.8) is 0 Å². The van der Waals surface area contributed by atoms with E-state index in [1.807, 2.05) is 19.1 Å². The van der Waals surface area contributed by atoms with Crippen LogP contribution >= 0.6 is 12.2 Å². The quantitative estimate of drug-likeness (QED) is 0.782. The molecule has 0 bridgehead atoms. The fraction of sp³-hybridized carbons (Fsp3) is 0.200. The summed E-state index contributed by atoms with van der Waals surface area (Å²) in [5, 5.41) is 6.76. The maximum absolute atomic E-state index is 5.62. The lowest BCUT2D eigenvalue weighted by atomic mass is 10.2. The number of aryl methyl sites for hydroxylation is 1. The molecule has 0 amide bonds. The lowest BCUT2D eigenvalue weighted by Crippen LogP contribution is -2.15. The summed E-state index contributed by atoms with van der Waals surface area (Å²) in [4.78, 5) is 8.52. The highest BCUT2D eigenvalue weighted by atomic mass is 32.1. The van der Waals surface area contributed by atoms with Crippen LogP contribution in [0.15, 0.2) is 23.0 Å². The first-order valence-electron chi connectivity index (χ1n) is 4.93. The van der Waals surface area contributed by atoms with E-state index in [4.69, 9.17) is 18.0 Å². The Balaban J connectivity index is 2.19. The van der Waals surface area contributed by atoms with Gasteiger partial charge in [0.1, 0.15) is 10.8 Å².